The predicted molar refractivity (Wildman–Crippen MR) is 103 cm³/mol. The van der Waals surface area contributed by atoms with Crippen molar-refractivity contribution in [3.8, 4) is 0 Å². The van der Waals surface area contributed by atoms with Gasteiger partial charge >= 0.3 is 0 Å². The summed E-state index contributed by atoms with van der Waals surface area (Å²) in [6.45, 7) is 4.36. The number of imidazole rings is 1. The lowest BCUT2D eigenvalue weighted by atomic mass is 10.1. The van der Waals surface area contributed by atoms with Gasteiger partial charge in [-0.3, -0.25) is 14.9 Å². The Morgan fingerprint density at radius 2 is 1.81 bits per heavy atom. The first kappa shape index (κ1) is 17.0. The van der Waals surface area contributed by atoms with E-state index < -0.39 is 4.92 Å². The van der Waals surface area contributed by atoms with Crippen molar-refractivity contribution < 1.29 is 4.92 Å². The van der Waals surface area contributed by atoms with Crippen LogP contribution >= 0.6 is 0 Å². The maximum atomic E-state index is 13.0. The van der Waals surface area contributed by atoms with Crippen LogP contribution in [0.3, 0.4) is 0 Å². The van der Waals surface area contributed by atoms with Crippen molar-refractivity contribution in [1.29, 1.82) is 0 Å². The smallest absolute Gasteiger partial charge is 0.269 e. The SMILES string of the molecule is CCc1c(C)n(Cc2ccc([N+](=O)[O-])cc2)c2nc3ccccc3n2c1=O. The number of para-hydroxylation sites is 2. The molecule has 0 aliphatic heterocycles. The number of hydrogen-bond acceptors (Lipinski definition) is 4. The molecule has 7 heteroatoms. The third-order valence-electron chi connectivity index (χ3n) is 4.93. The van der Waals surface area contributed by atoms with Gasteiger partial charge in [-0.15, -0.1) is 0 Å². The molecule has 0 bridgehead atoms. The van der Waals surface area contributed by atoms with Crippen molar-refractivity contribution in [3.63, 3.8) is 0 Å². The van der Waals surface area contributed by atoms with Gasteiger partial charge < -0.3 is 4.57 Å². The van der Waals surface area contributed by atoms with Crippen LogP contribution in [0.1, 0.15) is 23.7 Å². The molecule has 0 fully saturated rings. The van der Waals surface area contributed by atoms with Crippen molar-refractivity contribution in [3.05, 3.63) is 85.8 Å². The van der Waals surface area contributed by atoms with Crippen molar-refractivity contribution in [2.45, 2.75) is 26.8 Å². The fourth-order valence-corrected chi connectivity index (χ4v) is 3.50. The molecule has 4 rings (SSSR count). The first-order valence-electron chi connectivity index (χ1n) is 8.74. The van der Waals surface area contributed by atoms with Crippen LogP contribution in [-0.2, 0) is 13.0 Å². The summed E-state index contributed by atoms with van der Waals surface area (Å²) in [5.74, 6) is 0.578. The van der Waals surface area contributed by atoms with E-state index in [2.05, 4.69) is 4.98 Å². The number of nitrogens with zero attached hydrogens (tertiary/aromatic N) is 4. The van der Waals surface area contributed by atoms with Gasteiger partial charge in [-0.2, -0.15) is 0 Å². The molecule has 0 amide bonds. The van der Waals surface area contributed by atoms with Crippen LogP contribution in [0.4, 0.5) is 5.69 Å². The number of nitro groups is 1. The number of hydrogen-bond donors (Lipinski definition) is 0. The summed E-state index contributed by atoms with van der Waals surface area (Å²) < 4.78 is 3.66. The Morgan fingerprint density at radius 3 is 2.48 bits per heavy atom. The first-order valence-corrected chi connectivity index (χ1v) is 8.74. The minimum atomic E-state index is -0.414. The highest BCUT2D eigenvalue weighted by molar-refractivity contribution is 5.79. The quantitative estimate of drug-likeness (QED) is 0.411. The first-order chi connectivity index (χ1) is 13.0. The van der Waals surface area contributed by atoms with Gasteiger partial charge in [-0.05, 0) is 31.0 Å². The minimum absolute atomic E-state index is 0.0429. The zero-order valence-corrected chi connectivity index (χ0v) is 15.0. The molecule has 0 aliphatic carbocycles. The van der Waals surface area contributed by atoms with E-state index >= 15 is 0 Å². The van der Waals surface area contributed by atoms with E-state index in [4.69, 9.17) is 0 Å². The molecule has 7 nitrogen and oxygen atoms in total. The van der Waals surface area contributed by atoms with E-state index in [0.29, 0.717) is 18.7 Å². The van der Waals surface area contributed by atoms with Gasteiger partial charge in [-0.25, -0.2) is 9.38 Å². The van der Waals surface area contributed by atoms with E-state index in [1.807, 2.05) is 42.7 Å². The van der Waals surface area contributed by atoms with Gasteiger partial charge in [0.25, 0.3) is 11.2 Å². The minimum Gasteiger partial charge on any atom is -0.311 e. The summed E-state index contributed by atoms with van der Waals surface area (Å²) in [6, 6.07) is 14.0. The van der Waals surface area contributed by atoms with Crippen molar-refractivity contribution in [2.24, 2.45) is 0 Å². The number of benzene rings is 2. The Balaban J connectivity index is 1.96. The van der Waals surface area contributed by atoms with E-state index in [1.54, 1.807) is 16.5 Å². The fraction of sp³-hybridized carbons (Fsp3) is 0.200. The average Bonchev–Trinajstić information content (AvgIpc) is 3.05. The van der Waals surface area contributed by atoms with Crippen LogP contribution < -0.4 is 5.56 Å². The normalized spacial score (nSPS) is 11.3. The predicted octanol–water partition coefficient (Wildman–Crippen LogP) is 3.48. The molecule has 0 unspecified atom stereocenters. The summed E-state index contributed by atoms with van der Waals surface area (Å²) in [6.07, 6.45) is 0.618. The van der Waals surface area contributed by atoms with Crippen LogP contribution in [0.2, 0.25) is 0 Å². The van der Waals surface area contributed by atoms with Gasteiger partial charge in [0.15, 0.2) is 0 Å². The number of aromatic nitrogens is 3. The Labute approximate surface area is 154 Å². The van der Waals surface area contributed by atoms with E-state index in [9.17, 15) is 14.9 Å². The second-order valence-electron chi connectivity index (χ2n) is 6.47. The molecule has 2 aromatic heterocycles. The Kier molecular flexibility index (Phi) is 3.99. The molecule has 0 N–H and O–H groups in total. The van der Waals surface area contributed by atoms with Gasteiger partial charge in [0.2, 0.25) is 5.78 Å². The summed E-state index contributed by atoms with van der Waals surface area (Å²) in [4.78, 5) is 28.1. The number of nitro benzene ring substituents is 1. The maximum absolute atomic E-state index is 13.0. The lowest BCUT2D eigenvalue weighted by molar-refractivity contribution is -0.384. The molecule has 0 saturated carbocycles. The molecular weight excluding hydrogens is 344 g/mol. The van der Waals surface area contributed by atoms with Crippen molar-refractivity contribution in [2.75, 3.05) is 0 Å². The molecular formula is C20H18N4O3. The number of non-ortho nitro benzene ring substituents is 1. The molecule has 4 aromatic rings. The lowest BCUT2D eigenvalue weighted by Gasteiger charge is -2.15. The molecule has 2 heterocycles. The lowest BCUT2D eigenvalue weighted by Crippen LogP contribution is -2.25. The summed E-state index contributed by atoms with van der Waals surface area (Å²) in [5, 5.41) is 10.9. The van der Waals surface area contributed by atoms with Crippen molar-refractivity contribution in [1.82, 2.24) is 14.0 Å². The van der Waals surface area contributed by atoms with Gasteiger partial charge in [0.05, 0.1) is 22.5 Å². The van der Waals surface area contributed by atoms with E-state index in [1.165, 1.54) is 12.1 Å². The van der Waals surface area contributed by atoms with Gasteiger partial charge in [0.1, 0.15) is 0 Å². The molecule has 136 valence electrons. The standard InChI is InChI=1S/C20H18N4O3/c1-3-16-13(2)22(12-14-8-10-15(11-9-14)24(26)27)20-21-17-6-4-5-7-18(17)23(20)19(16)25/h4-11H,3,12H2,1-2H3. The molecule has 0 aliphatic rings. The molecule has 27 heavy (non-hydrogen) atoms. The third-order valence-corrected chi connectivity index (χ3v) is 4.93. The van der Waals surface area contributed by atoms with Crippen molar-refractivity contribution >= 4 is 22.5 Å². The average molecular weight is 362 g/mol. The van der Waals surface area contributed by atoms with Gasteiger partial charge in [0, 0.05) is 23.4 Å². The van der Waals surface area contributed by atoms with Crippen LogP contribution in [-0.4, -0.2) is 18.9 Å². The van der Waals surface area contributed by atoms with Gasteiger partial charge in [-0.1, -0.05) is 31.2 Å². The molecule has 0 radical (unpaired) electrons. The van der Waals surface area contributed by atoms with Crippen LogP contribution in [0, 0.1) is 17.0 Å². The highest BCUT2D eigenvalue weighted by atomic mass is 16.6. The number of rotatable bonds is 4. The van der Waals surface area contributed by atoms with E-state index in [-0.39, 0.29) is 11.2 Å². The molecule has 0 saturated heterocycles. The number of fused-ring (bicyclic) bond motifs is 3. The van der Waals surface area contributed by atoms with Crippen LogP contribution in [0.15, 0.2) is 53.3 Å². The molecule has 2 aromatic carbocycles. The third kappa shape index (κ3) is 2.68. The highest BCUT2D eigenvalue weighted by Crippen LogP contribution is 2.20. The van der Waals surface area contributed by atoms with E-state index in [0.717, 1.165) is 27.9 Å². The summed E-state index contributed by atoms with van der Waals surface area (Å²) in [7, 11) is 0. The zero-order chi connectivity index (χ0) is 19.1. The Hall–Kier alpha value is -3.48. The largest absolute Gasteiger partial charge is 0.311 e. The second kappa shape index (κ2) is 6.35. The summed E-state index contributed by atoms with van der Waals surface area (Å²) in [5.41, 5.74) is 4.07. The monoisotopic (exact) mass is 362 g/mol. The highest BCUT2D eigenvalue weighted by Gasteiger charge is 2.17. The summed E-state index contributed by atoms with van der Waals surface area (Å²) >= 11 is 0. The molecule has 0 atom stereocenters. The Bertz CT molecular complexity index is 1240. The zero-order valence-electron chi connectivity index (χ0n) is 15.0. The fourth-order valence-electron chi connectivity index (χ4n) is 3.50. The molecule has 0 spiro atoms. The van der Waals surface area contributed by atoms with Crippen LogP contribution in [0.5, 0.6) is 0 Å². The topological polar surface area (TPSA) is 82.4 Å². The second-order valence-corrected chi connectivity index (χ2v) is 6.47. The maximum Gasteiger partial charge on any atom is 0.269 e. The Morgan fingerprint density at radius 1 is 1.11 bits per heavy atom. The van der Waals surface area contributed by atoms with Crippen LogP contribution in [0.25, 0.3) is 16.8 Å².